The van der Waals surface area contributed by atoms with Gasteiger partial charge in [0.05, 0.1) is 6.61 Å². The summed E-state index contributed by atoms with van der Waals surface area (Å²) in [6.45, 7) is 14.4. The summed E-state index contributed by atoms with van der Waals surface area (Å²) in [5.74, 6) is 3.34. The number of nitrogens with zero attached hydrogens (tertiary/aromatic N) is 2. The van der Waals surface area contributed by atoms with Gasteiger partial charge in [-0.1, -0.05) is 6.92 Å². The number of aliphatic imine (C=N–C) groups is 1. The van der Waals surface area contributed by atoms with Crippen LogP contribution in [-0.4, -0.2) is 55.8 Å². The molecule has 1 aromatic rings. The summed E-state index contributed by atoms with van der Waals surface area (Å²) in [4.78, 5) is 6.95. The van der Waals surface area contributed by atoms with Crippen molar-refractivity contribution in [1.82, 2.24) is 15.5 Å². The van der Waals surface area contributed by atoms with Crippen molar-refractivity contribution in [2.75, 3.05) is 26.7 Å². The van der Waals surface area contributed by atoms with Crippen LogP contribution in [0.3, 0.4) is 0 Å². The molecule has 0 spiro atoms. The Hall–Kier alpha value is -1.95. The monoisotopic (exact) mass is 388 g/mol. The van der Waals surface area contributed by atoms with E-state index in [2.05, 4.69) is 60.4 Å². The Balaban J connectivity index is 1.65. The van der Waals surface area contributed by atoms with Crippen molar-refractivity contribution in [1.29, 1.82) is 0 Å². The maximum Gasteiger partial charge on any atom is 0.191 e. The van der Waals surface area contributed by atoms with E-state index >= 15 is 0 Å². The maximum atomic E-state index is 5.93. The highest BCUT2D eigenvalue weighted by Crippen LogP contribution is 2.35. The molecule has 3 unspecified atom stereocenters. The third kappa shape index (κ3) is 4.72. The molecule has 2 heterocycles. The number of ether oxygens (including phenoxy) is 2. The number of nitrogens with one attached hydrogen (secondary N) is 2. The molecule has 0 bridgehead atoms. The van der Waals surface area contributed by atoms with Crippen LogP contribution in [0.2, 0.25) is 0 Å². The van der Waals surface area contributed by atoms with Gasteiger partial charge in [0, 0.05) is 56.3 Å². The summed E-state index contributed by atoms with van der Waals surface area (Å²) < 4.78 is 11.8. The Morgan fingerprint density at radius 1 is 1.32 bits per heavy atom. The zero-order valence-electron chi connectivity index (χ0n) is 18.2. The average Bonchev–Trinajstić information content (AvgIpc) is 3.20. The number of hydrogen-bond acceptors (Lipinski definition) is 4. The highest BCUT2D eigenvalue weighted by atomic mass is 16.5. The minimum atomic E-state index is 0.231. The predicted octanol–water partition coefficient (Wildman–Crippen LogP) is 2.80. The number of likely N-dealkylation sites (tertiary alicyclic amines) is 1. The van der Waals surface area contributed by atoms with E-state index in [9.17, 15) is 0 Å². The zero-order valence-corrected chi connectivity index (χ0v) is 18.2. The number of benzene rings is 1. The minimum Gasteiger partial charge on any atom is -0.494 e. The van der Waals surface area contributed by atoms with E-state index in [4.69, 9.17) is 9.47 Å². The highest BCUT2D eigenvalue weighted by molar-refractivity contribution is 5.80. The Morgan fingerprint density at radius 2 is 2.11 bits per heavy atom. The maximum absolute atomic E-state index is 5.93. The topological polar surface area (TPSA) is 58.1 Å². The van der Waals surface area contributed by atoms with Crippen molar-refractivity contribution in [3.63, 3.8) is 0 Å². The fourth-order valence-electron chi connectivity index (χ4n) is 4.07. The first kappa shape index (κ1) is 20.8. The van der Waals surface area contributed by atoms with E-state index in [1.165, 1.54) is 5.56 Å². The lowest BCUT2D eigenvalue weighted by Crippen LogP contribution is -2.46. The SMILES string of the molecule is CCOc1cc2c(cc1CNC(=NC)NC1CN(C(C)C)CC1C)OC(C)C2. The molecular formula is C22H36N4O2. The van der Waals surface area contributed by atoms with Crippen LogP contribution < -0.4 is 20.1 Å². The first-order valence-electron chi connectivity index (χ1n) is 10.6. The number of fused-ring (bicyclic) bond motifs is 1. The van der Waals surface area contributed by atoms with Crippen LogP contribution in [0, 0.1) is 5.92 Å². The fourth-order valence-corrected chi connectivity index (χ4v) is 4.07. The molecule has 156 valence electrons. The van der Waals surface area contributed by atoms with Crippen LogP contribution in [-0.2, 0) is 13.0 Å². The molecule has 6 nitrogen and oxygen atoms in total. The van der Waals surface area contributed by atoms with Crippen LogP contribution in [0.15, 0.2) is 17.1 Å². The van der Waals surface area contributed by atoms with Gasteiger partial charge >= 0.3 is 0 Å². The summed E-state index contributed by atoms with van der Waals surface area (Å²) in [5, 5.41) is 7.07. The first-order valence-corrected chi connectivity index (χ1v) is 10.6. The second-order valence-electron chi connectivity index (χ2n) is 8.33. The largest absolute Gasteiger partial charge is 0.494 e. The summed E-state index contributed by atoms with van der Waals surface area (Å²) in [6.07, 6.45) is 1.17. The summed E-state index contributed by atoms with van der Waals surface area (Å²) >= 11 is 0. The molecule has 1 saturated heterocycles. The van der Waals surface area contributed by atoms with E-state index in [1.54, 1.807) is 0 Å². The van der Waals surface area contributed by atoms with Gasteiger partial charge < -0.3 is 20.1 Å². The van der Waals surface area contributed by atoms with Gasteiger partial charge in [0.2, 0.25) is 0 Å². The Kier molecular flexibility index (Phi) is 6.70. The molecular weight excluding hydrogens is 352 g/mol. The van der Waals surface area contributed by atoms with E-state index in [0.717, 1.165) is 42.5 Å². The summed E-state index contributed by atoms with van der Waals surface area (Å²) in [7, 11) is 1.83. The Bertz CT molecular complexity index is 704. The van der Waals surface area contributed by atoms with Gasteiger partial charge in [-0.25, -0.2) is 0 Å². The minimum absolute atomic E-state index is 0.231. The van der Waals surface area contributed by atoms with Gasteiger partial charge in [0.25, 0.3) is 0 Å². The van der Waals surface area contributed by atoms with Crippen molar-refractivity contribution in [3.05, 3.63) is 23.3 Å². The van der Waals surface area contributed by atoms with Gasteiger partial charge in [0.15, 0.2) is 5.96 Å². The lowest BCUT2D eigenvalue weighted by atomic mass is 10.1. The van der Waals surface area contributed by atoms with Crippen LogP contribution in [0.25, 0.3) is 0 Å². The van der Waals surface area contributed by atoms with E-state index in [1.807, 2.05) is 14.0 Å². The van der Waals surface area contributed by atoms with Crippen LogP contribution in [0.5, 0.6) is 11.5 Å². The van der Waals surface area contributed by atoms with Crippen molar-refractivity contribution in [2.45, 2.75) is 65.8 Å². The molecule has 0 radical (unpaired) electrons. The van der Waals surface area contributed by atoms with Crippen molar-refractivity contribution in [3.8, 4) is 11.5 Å². The molecule has 2 aliphatic heterocycles. The normalized spacial score (nSPS) is 25.0. The highest BCUT2D eigenvalue weighted by Gasteiger charge is 2.31. The molecule has 2 aliphatic rings. The van der Waals surface area contributed by atoms with Gasteiger partial charge in [-0.05, 0) is 45.7 Å². The van der Waals surface area contributed by atoms with Gasteiger partial charge in [0.1, 0.15) is 17.6 Å². The number of guanidine groups is 1. The van der Waals surface area contributed by atoms with E-state index in [0.29, 0.717) is 31.2 Å². The molecule has 6 heteroatoms. The van der Waals surface area contributed by atoms with E-state index in [-0.39, 0.29) is 6.10 Å². The molecule has 3 rings (SSSR count). The molecule has 0 aromatic heterocycles. The quantitative estimate of drug-likeness (QED) is 0.580. The fraction of sp³-hybridized carbons (Fsp3) is 0.682. The lowest BCUT2D eigenvalue weighted by Gasteiger charge is -2.22. The summed E-state index contributed by atoms with van der Waals surface area (Å²) in [6, 6.07) is 5.23. The third-order valence-corrected chi connectivity index (χ3v) is 5.74. The molecule has 3 atom stereocenters. The summed E-state index contributed by atoms with van der Waals surface area (Å²) in [5.41, 5.74) is 2.33. The van der Waals surface area contributed by atoms with Crippen molar-refractivity contribution < 1.29 is 9.47 Å². The molecule has 2 N–H and O–H groups in total. The van der Waals surface area contributed by atoms with Gasteiger partial charge in [-0.2, -0.15) is 0 Å². The third-order valence-electron chi connectivity index (χ3n) is 5.74. The standard InChI is InChI=1S/C22H36N4O2/c1-7-27-20-9-17-8-16(5)28-21(17)10-18(20)11-24-22(23-6)25-19-13-26(14(2)3)12-15(19)4/h9-10,14-16,19H,7-8,11-13H2,1-6H3,(H2,23,24,25). The van der Waals surface area contributed by atoms with Gasteiger partial charge in [-0.3, -0.25) is 9.89 Å². The second kappa shape index (κ2) is 9.03. The molecule has 28 heavy (non-hydrogen) atoms. The van der Waals surface area contributed by atoms with E-state index < -0.39 is 0 Å². The molecule has 0 amide bonds. The van der Waals surface area contributed by atoms with Crippen molar-refractivity contribution in [2.24, 2.45) is 10.9 Å². The van der Waals surface area contributed by atoms with Crippen LogP contribution >= 0.6 is 0 Å². The van der Waals surface area contributed by atoms with Gasteiger partial charge in [-0.15, -0.1) is 0 Å². The molecule has 1 aromatic carbocycles. The lowest BCUT2D eigenvalue weighted by molar-refractivity contribution is 0.254. The Labute approximate surface area is 169 Å². The molecule has 0 aliphatic carbocycles. The zero-order chi connectivity index (χ0) is 20.3. The second-order valence-corrected chi connectivity index (χ2v) is 8.33. The van der Waals surface area contributed by atoms with Crippen LogP contribution in [0.4, 0.5) is 0 Å². The molecule has 1 fully saturated rings. The number of rotatable bonds is 6. The molecule has 0 saturated carbocycles. The van der Waals surface area contributed by atoms with Crippen molar-refractivity contribution >= 4 is 5.96 Å². The average molecular weight is 389 g/mol. The number of hydrogen-bond donors (Lipinski definition) is 2. The Morgan fingerprint density at radius 3 is 2.75 bits per heavy atom. The predicted molar refractivity (Wildman–Crippen MR) is 114 cm³/mol. The smallest absolute Gasteiger partial charge is 0.191 e. The van der Waals surface area contributed by atoms with Crippen LogP contribution in [0.1, 0.15) is 45.7 Å². The first-order chi connectivity index (χ1) is 13.4.